The van der Waals surface area contributed by atoms with Crippen LogP contribution in [0.2, 0.25) is 0 Å². The Bertz CT molecular complexity index is 1460. The Labute approximate surface area is 196 Å². The van der Waals surface area contributed by atoms with E-state index in [9.17, 15) is 13.2 Å². The maximum atomic E-state index is 12.9. The number of hydrogen-bond acceptors (Lipinski definition) is 8. The molecular weight excluding hydrogens is 454 g/mol. The zero-order chi connectivity index (χ0) is 23.7. The van der Waals surface area contributed by atoms with Crippen molar-refractivity contribution in [3.05, 3.63) is 66.6 Å². The minimum atomic E-state index is -3.51. The summed E-state index contributed by atoms with van der Waals surface area (Å²) in [6.07, 6.45) is 1.64. The van der Waals surface area contributed by atoms with Crippen molar-refractivity contribution in [1.82, 2.24) is 19.6 Å². The zero-order valence-corrected chi connectivity index (χ0v) is 19.3. The number of rotatable bonds is 6. The summed E-state index contributed by atoms with van der Waals surface area (Å²) >= 11 is 0. The van der Waals surface area contributed by atoms with Gasteiger partial charge >= 0.3 is 0 Å². The topological polar surface area (TPSA) is 117 Å². The average molecular weight is 478 g/mol. The van der Waals surface area contributed by atoms with Gasteiger partial charge in [0.05, 0.1) is 10.6 Å². The van der Waals surface area contributed by atoms with Crippen molar-refractivity contribution in [3.63, 3.8) is 0 Å². The first-order valence-corrected chi connectivity index (χ1v) is 12.3. The SMILES string of the molecule is CC(=O)c1cc2cc(Nc3nccc(-c4ccc(S(=O)(=O)N5CCNCC5)cc4)n3)ccc2o1. The van der Waals surface area contributed by atoms with Crippen LogP contribution in [0.5, 0.6) is 0 Å². The second-order valence-electron chi connectivity index (χ2n) is 7.99. The van der Waals surface area contributed by atoms with E-state index < -0.39 is 10.0 Å². The Morgan fingerprint density at radius 1 is 1.06 bits per heavy atom. The van der Waals surface area contributed by atoms with Crippen LogP contribution in [-0.4, -0.2) is 54.7 Å². The molecule has 3 heterocycles. The van der Waals surface area contributed by atoms with E-state index >= 15 is 0 Å². The molecule has 0 amide bonds. The van der Waals surface area contributed by atoms with Gasteiger partial charge in [0.1, 0.15) is 5.58 Å². The molecule has 9 nitrogen and oxygen atoms in total. The normalized spacial score (nSPS) is 14.9. The molecule has 2 N–H and O–H groups in total. The van der Waals surface area contributed by atoms with Crippen LogP contribution in [0.4, 0.5) is 11.6 Å². The Kier molecular flexibility index (Phi) is 5.86. The fourth-order valence-electron chi connectivity index (χ4n) is 3.83. The average Bonchev–Trinajstić information content (AvgIpc) is 3.29. The lowest BCUT2D eigenvalue weighted by Crippen LogP contribution is -2.46. The first kappa shape index (κ1) is 22.2. The van der Waals surface area contributed by atoms with Crippen LogP contribution in [0.15, 0.2) is 70.1 Å². The van der Waals surface area contributed by atoms with Crippen LogP contribution in [0.3, 0.4) is 0 Å². The third-order valence-corrected chi connectivity index (χ3v) is 7.55. The number of furan rings is 1. The van der Waals surface area contributed by atoms with Crippen LogP contribution >= 0.6 is 0 Å². The fraction of sp³-hybridized carbons (Fsp3) is 0.208. The maximum absolute atomic E-state index is 12.9. The van der Waals surface area contributed by atoms with E-state index in [1.807, 2.05) is 12.1 Å². The summed E-state index contributed by atoms with van der Waals surface area (Å²) in [5.74, 6) is 0.575. The van der Waals surface area contributed by atoms with Gasteiger partial charge in [0.2, 0.25) is 16.0 Å². The molecule has 0 saturated carbocycles. The van der Waals surface area contributed by atoms with Gasteiger partial charge in [-0.2, -0.15) is 4.31 Å². The van der Waals surface area contributed by atoms with Gasteiger partial charge in [-0.1, -0.05) is 12.1 Å². The number of ketones is 1. The molecule has 0 atom stereocenters. The van der Waals surface area contributed by atoms with E-state index in [2.05, 4.69) is 20.6 Å². The summed E-state index contributed by atoms with van der Waals surface area (Å²) in [6, 6.07) is 15.7. The van der Waals surface area contributed by atoms with E-state index in [1.54, 1.807) is 48.7 Å². The molecule has 1 saturated heterocycles. The first-order chi connectivity index (χ1) is 16.4. The highest BCUT2D eigenvalue weighted by Gasteiger charge is 2.25. The van der Waals surface area contributed by atoms with Crippen LogP contribution in [0, 0.1) is 0 Å². The smallest absolute Gasteiger partial charge is 0.243 e. The predicted octanol–water partition coefficient (Wildman–Crippen LogP) is 3.43. The molecule has 0 radical (unpaired) electrons. The predicted molar refractivity (Wildman–Crippen MR) is 129 cm³/mol. The molecule has 174 valence electrons. The number of benzene rings is 2. The Morgan fingerprint density at radius 2 is 1.82 bits per heavy atom. The molecule has 0 spiro atoms. The van der Waals surface area contributed by atoms with E-state index in [0.29, 0.717) is 49.2 Å². The summed E-state index contributed by atoms with van der Waals surface area (Å²) in [6.45, 7) is 3.69. The number of aromatic nitrogens is 2. The van der Waals surface area contributed by atoms with Crippen LogP contribution < -0.4 is 10.6 Å². The highest BCUT2D eigenvalue weighted by Crippen LogP contribution is 2.26. The molecule has 0 bridgehead atoms. The summed E-state index contributed by atoms with van der Waals surface area (Å²) in [5.41, 5.74) is 2.81. The third kappa shape index (κ3) is 4.43. The molecule has 2 aromatic heterocycles. The van der Waals surface area contributed by atoms with Crippen molar-refractivity contribution in [2.24, 2.45) is 0 Å². The molecule has 5 rings (SSSR count). The largest absolute Gasteiger partial charge is 0.453 e. The van der Waals surface area contributed by atoms with E-state index in [0.717, 1.165) is 16.6 Å². The van der Waals surface area contributed by atoms with Crippen molar-refractivity contribution in [2.45, 2.75) is 11.8 Å². The van der Waals surface area contributed by atoms with Crippen LogP contribution in [-0.2, 0) is 10.0 Å². The number of nitrogens with zero attached hydrogens (tertiary/aromatic N) is 3. The Morgan fingerprint density at radius 3 is 2.56 bits per heavy atom. The molecular formula is C24H23N5O4S. The highest BCUT2D eigenvalue weighted by molar-refractivity contribution is 7.89. The molecule has 10 heteroatoms. The van der Waals surface area contributed by atoms with E-state index in [4.69, 9.17) is 4.42 Å². The zero-order valence-electron chi connectivity index (χ0n) is 18.5. The lowest BCUT2D eigenvalue weighted by atomic mass is 10.1. The van der Waals surface area contributed by atoms with Gasteiger partial charge in [0, 0.05) is 55.9 Å². The molecule has 1 aliphatic heterocycles. The van der Waals surface area contributed by atoms with Crippen LogP contribution in [0.25, 0.3) is 22.2 Å². The van der Waals surface area contributed by atoms with Gasteiger partial charge in [-0.15, -0.1) is 0 Å². The number of carbonyl (C=O) groups is 1. The third-order valence-electron chi connectivity index (χ3n) is 5.64. The fourth-order valence-corrected chi connectivity index (χ4v) is 5.28. The number of piperazine rings is 1. The van der Waals surface area contributed by atoms with Crippen molar-refractivity contribution in [3.8, 4) is 11.3 Å². The summed E-state index contributed by atoms with van der Waals surface area (Å²) in [7, 11) is -3.51. The number of hydrogen-bond donors (Lipinski definition) is 2. The lowest BCUT2D eigenvalue weighted by molar-refractivity contribution is 0.0989. The molecule has 0 aliphatic carbocycles. The van der Waals surface area contributed by atoms with E-state index in [1.165, 1.54) is 11.2 Å². The summed E-state index contributed by atoms with van der Waals surface area (Å²) in [4.78, 5) is 20.7. The highest BCUT2D eigenvalue weighted by atomic mass is 32.2. The number of anilines is 2. The van der Waals surface area contributed by atoms with Gasteiger partial charge in [-0.3, -0.25) is 4.79 Å². The minimum absolute atomic E-state index is 0.131. The monoisotopic (exact) mass is 477 g/mol. The van der Waals surface area contributed by atoms with Gasteiger partial charge in [-0.25, -0.2) is 18.4 Å². The number of sulfonamides is 1. The first-order valence-electron chi connectivity index (χ1n) is 10.9. The van der Waals surface area contributed by atoms with Crippen molar-refractivity contribution < 1.29 is 17.6 Å². The van der Waals surface area contributed by atoms with Gasteiger partial charge < -0.3 is 15.1 Å². The Hall–Kier alpha value is -3.60. The molecule has 2 aromatic carbocycles. The second-order valence-corrected chi connectivity index (χ2v) is 9.93. The van der Waals surface area contributed by atoms with Crippen molar-refractivity contribution in [2.75, 3.05) is 31.5 Å². The summed E-state index contributed by atoms with van der Waals surface area (Å²) in [5, 5.41) is 7.13. The number of Topliss-reactive ketones (excluding diaryl/α,β-unsaturated/α-hetero) is 1. The number of fused-ring (bicyclic) bond motifs is 1. The van der Waals surface area contributed by atoms with Crippen LogP contribution in [0.1, 0.15) is 17.5 Å². The molecule has 0 unspecified atom stereocenters. The van der Waals surface area contributed by atoms with E-state index in [-0.39, 0.29) is 10.7 Å². The summed E-state index contributed by atoms with van der Waals surface area (Å²) < 4.78 is 32.8. The van der Waals surface area contributed by atoms with Gasteiger partial charge in [0.25, 0.3) is 0 Å². The standard InChI is InChI=1S/C24H23N5O4S/c1-16(30)23-15-18-14-19(4-7-22(18)33-23)27-24-26-9-8-21(28-24)17-2-5-20(6-3-17)34(31,32)29-12-10-25-11-13-29/h2-9,14-15,25H,10-13H2,1H3,(H,26,27,28). The van der Waals surface area contributed by atoms with Gasteiger partial charge in [0.15, 0.2) is 11.5 Å². The maximum Gasteiger partial charge on any atom is 0.243 e. The molecule has 34 heavy (non-hydrogen) atoms. The minimum Gasteiger partial charge on any atom is -0.453 e. The van der Waals surface area contributed by atoms with Crippen molar-refractivity contribution >= 4 is 38.4 Å². The van der Waals surface area contributed by atoms with Crippen molar-refractivity contribution in [1.29, 1.82) is 0 Å². The molecule has 4 aromatic rings. The lowest BCUT2D eigenvalue weighted by Gasteiger charge is -2.26. The molecule has 1 aliphatic rings. The number of carbonyl (C=O) groups excluding carboxylic acids is 1. The molecule has 1 fully saturated rings. The van der Waals surface area contributed by atoms with Gasteiger partial charge in [-0.05, 0) is 42.5 Å². The Balaban J connectivity index is 1.36. The second kappa shape index (κ2) is 8.98. The quantitative estimate of drug-likeness (QED) is 0.406. The number of nitrogens with one attached hydrogen (secondary N) is 2.